The summed E-state index contributed by atoms with van der Waals surface area (Å²) in [6.07, 6.45) is 4.99. The molecule has 0 N–H and O–H groups in total. The molecule has 19 heavy (non-hydrogen) atoms. The second kappa shape index (κ2) is 5.59. The minimum absolute atomic E-state index is 0.0469. The van der Waals surface area contributed by atoms with Crippen LogP contribution in [0.3, 0.4) is 0 Å². The third-order valence-electron chi connectivity index (χ3n) is 3.94. The van der Waals surface area contributed by atoms with Crippen molar-refractivity contribution >= 4 is 5.91 Å². The first-order valence-electron chi connectivity index (χ1n) is 6.97. The van der Waals surface area contributed by atoms with E-state index in [1.165, 1.54) is 11.0 Å². The van der Waals surface area contributed by atoms with Gasteiger partial charge in [0, 0.05) is 24.3 Å². The van der Waals surface area contributed by atoms with Crippen LogP contribution in [0.4, 0.5) is 0 Å². The first-order chi connectivity index (χ1) is 8.99. The van der Waals surface area contributed by atoms with Crippen molar-refractivity contribution in [3.63, 3.8) is 0 Å². The van der Waals surface area contributed by atoms with Crippen LogP contribution in [0.1, 0.15) is 38.7 Å². The number of hydrogen-bond acceptors (Lipinski definition) is 2. The van der Waals surface area contributed by atoms with Crippen molar-refractivity contribution in [2.75, 3.05) is 0 Å². The number of aryl methyl sites for hydroxylation is 1. The van der Waals surface area contributed by atoms with Gasteiger partial charge in [-0.3, -0.25) is 9.59 Å². The van der Waals surface area contributed by atoms with Gasteiger partial charge in [0.05, 0.1) is 0 Å². The molecule has 0 unspecified atom stereocenters. The maximum absolute atomic E-state index is 12.4. The van der Waals surface area contributed by atoms with E-state index in [-0.39, 0.29) is 30.1 Å². The summed E-state index contributed by atoms with van der Waals surface area (Å²) in [4.78, 5) is 26.1. The van der Waals surface area contributed by atoms with Gasteiger partial charge in [-0.2, -0.15) is 0 Å². The molecule has 2 rings (SSSR count). The van der Waals surface area contributed by atoms with Gasteiger partial charge in [0.25, 0.3) is 5.56 Å². The molecule has 2 heterocycles. The van der Waals surface area contributed by atoms with E-state index < -0.39 is 0 Å². The second-order valence-corrected chi connectivity index (χ2v) is 5.60. The number of pyridine rings is 1. The van der Waals surface area contributed by atoms with Gasteiger partial charge in [0.2, 0.25) is 5.91 Å². The van der Waals surface area contributed by atoms with E-state index in [4.69, 9.17) is 0 Å². The van der Waals surface area contributed by atoms with Gasteiger partial charge in [-0.25, -0.2) is 0 Å². The number of aromatic nitrogens is 1. The zero-order valence-corrected chi connectivity index (χ0v) is 11.9. The van der Waals surface area contributed by atoms with E-state index in [1.807, 2.05) is 17.9 Å². The predicted molar refractivity (Wildman–Crippen MR) is 75.1 cm³/mol. The number of carbonyl (C=O) groups excluding carboxylic acids is 1. The number of hydrogen-bond donors (Lipinski definition) is 0. The molecule has 0 spiro atoms. The van der Waals surface area contributed by atoms with Crippen molar-refractivity contribution in [1.82, 2.24) is 9.47 Å². The summed E-state index contributed by atoms with van der Waals surface area (Å²) in [5, 5.41) is 0. The van der Waals surface area contributed by atoms with Gasteiger partial charge >= 0.3 is 0 Å². The number of carbonyl (C=O) groups is 1. The van der Waals surface area contributed by atoms with Gasteiger partial charge in [0.15, 0.2) is 0 Å². The summed E-state index contributed by atoms with van der Waals surface area (Å²) in [6, 6.07) is 3.98. The summed E-state index contributed by atoms with van der Waals surface area (Å²) in [6.45, 7) is 6.20. The molecule has 0 radical (unpaired) electrons. The van der Waals surface area contributed by atoms with Gasteiger partial charge in [-0.05, 0) is 51.7 Å². The maximum atomic E-state index is 12.4. The average Bonchev–Trinajstić information content (AvgIpc) is 2.32. The fourth-order valence-corrected chi connectivity index (χ4v) is 2.88. The fraction of sp³-hybridized carbons (Fsp3) is 0.600. The van der Waals surface area contributed by atoms with Crippen molar-refractivity contribution in [3.05, 3.63) is 34.2 Å². The number of piperidine rings is 1. The fourth-order valence-electron chi connectivity index (χ4n) is 2.88. The highest BCUT2D eigenvalue weighted by molar-refractivity contribution is 5.76. The molecule has 1 aliphatic heterocycles. The smallest absolute Gasteiger partial charge is 0.251 e. The monoisotopic (exact) mass is 262 g/mol. The molecule has 1 aromatic rings. The van der Waals surface area contributed by atoms with Gasteiger partial charge < -0.3 is 9.47 Å². The lowest BCUT2D eigenvalue weighted by molar-refractivity contribution is -0.138. The zero-order chi connectivity index (χ0) is 14.0. The van der Waals surface area contributed by atoms with E-state index in [2.05, 4.69) is 13.8 Å². The van der Waals surface area contributed by atoms with E-state index in [0.29, 0.717) is 0 Å². The molecule has 1 fully saturated rings. The number of amides is 1. The van der Waals surface area contributed by atoms with E-state index in [9.17, 15) is 9.59 Å². The predicted octanol–water partition coefficient (Wildman–Crippen LogP) is 1.95. The lowest BCUT2D eigenvalue weighted by atomic mass is 9.97. The molecule has 104 valence electrons. The molecule has 4 heteroatoms. The van der Waals surface area contributed by atoms with Crippen molar-refractivity contribution in [2.45, 2.75) is 58.7 Å². The third-order valence-corrected chi connectivity index (χ3v) is 3.94. The van der Waals surface area contributed by atoms with Crippen LogP contribution in [-0.2, 0) is 11.3 Å². The van der Waals surface area contributed by atoms with Crippen LogP contribution >= 0.6 is 0 Å². The summed E-state index contributed by atoms with van der Waals surface area (Å²) >= 11 is 0. The molecule has 0 aliphatic carbocycles. The molecule has 1 amide bonds. The molecule has 0 saturated carbocycles. The Morgan fingerprint density at radius 3 is 2.53 bits per heavy atom. The lowest BCUT2D eigenvalue weighted by Crippen LogP contribution is -2.49. The molecule has 2 atom stereocenters. The SMILES string of the molecule is Cc1ccn(CC(=O)N2[C@@H](C)CCC[C@@H]2C)c(=O)c1. The largest absolute Gasteiger partial charge is 0.336 e. The molecular formula is C15H22N2O2. The summed E-state index contributed by atoms with van der Waals surface area (Å²) in [5.41, 5.74) is 0.819. The Balaban J connectivity index is 2.14. The van der Waals surface area contributed by atoms with Gasteiger partial charge in [-0.15, -0.1) is 0 Å². The molecule has 1 saturated heterocycles. The van der Waals surface area contributed by atoms with E-state index in [1.54, 1.807) is 12.3 Å². The van der Waals surface area contributed by atoms with Crippen LogP contribution in [0.25, 0.3) is 0 Å². The Bertz CT molecular complexity index is 511. The van der Waals surface area contributed by atoms with Crippen LogP contribution in [0, 0.1) is 6.92 Å². The average molecular weight is 262 g/mol. The van der Waals surface area contributed by atoms with Gasteiger partial charge in [-0.1, -0.05) is 0 Å². The molecule has 1 aliphatic rings. The Labute approximate surface area is 114 Å². The normalized spacial score (nSPS) is 23.4. The van der Waals surface area contributed by atoms with Crippen LogP contribution in [0.2, 0.25) is 0 Å². The Kier molecular flexibility index (Phi) is 4.08. The Morgan fingerprint density at radius 1 is 1.32 bits per heavy atom. The standard InChI is InChI=1S/C15H22N2O2/c1-11-7-8-16(14(18)9-11)10-15(19)17-12(2)5-4-6-13(17)3/h7-9,12-13H,4-6,10H2,1-3H3/t12-,13-/m0/s1. The first kappa shape index (κ1) is 13.8. The molecule has 0 aromatic carbocycles. The van der Waals surface area contributed by atoms with E-state index in [0.717, 1.165) is 18.4 Å². The van der Waals surface area contributed by atoms with E-state index >= 15 is 0 Å². The number of nitrogens with zero attached hydrogens (tertiary/aromatic N) is 2. The Morgan fingerprint density at radius 2 is 1.95 bits per heavy atom. The summed E-state index contributed by atoms with van der Waals surface area (Å²) in [5.74, 6) is 0.0469. The van der Waals surface area contributed by atoms with Crippen molar-refractivity contribution < 1.29 is 4.79 Å². The lowest BCUT2D eigenvalue weighted by Gasteiger charge is -2.39. The summed E-state index contributed by atoms with van der Waals surface area (Å²) < 4.78 is 1.49. The molecular weight excluding hydrogens is 240 g/mol. The molecule has 4 nitrogen and oxygen atoms in total. The molecule has 0 bridgehead atoms. The second-order valence-electron chi connectivity index (χ2n) is 5.60. The minimum atomic E-state index is -0.106. The van der Waals surface area contributed by atoms with Crippen LogP contribution in [-0.4, -0.2) is 27.5 Å². The van der Waals surface area contributed by atoms with Crippen molar-refractivity contribution in [1.29, 1.82) is 0 Å². The number of rotatable bonds is 2. The van der Waals surface area contributed by atoms with Crippen molar-refractivity contribution in [3.8, 4) is 0 Å². The van der Waals surface area contributed by atoms with Crippen LogP contribution in [0.15, 0.2) is 23.1 Å². The minimum Gasteiger partial charge on any atom is -0.336 e. The highest BCUT2D eigenvalue weighted by atomic mass is 16.2. The molecule has 1 aromatic heterocycles. The zero-order valence-electron chi connectivity index (χ0n) is 11.9. The third kappa shape index (κ3) is 3.06. The highest BCUT2D eigenvalue weighted by Gasteiger charge is 2.28. The van der Waals surface area contributed by atoms with Crippen LogP contribution < -0.4 is 5.56 Å². The highest BCUT2D eigenvalue weighted by Crippen LogP contribution is 2.22. The number of likely N-dealkylation sites (tertiary alicyclic amines) is 1. The van der Waals surface area contributed by atoms with Crippen molar-refractivity contribution in [2.24, 2.45) is 0 Å². The van der Waals surface area contributed by atoms with Gasteiger partial charge in [0.1, 0.15) is 6.54 Å². The topological polar surface area (TPSA) is 42.3 Å². The Hall–Kier alpha value is -1.58. The maximum Gasteiger partial charge on any atom is 0.251 e. The quantitative estimate of drug-likeness (QED) is 0.817. The first-order valence-corrected chi connectivity index (χ1v) is 6.97. The van der Waals surface area contributed by atoms with Crippen LogP contribution in [0.5, 0.6) is 0 Å². The summed E-state index contributed by atoms with van der Waals surface area (Å²) in [7, 11) is 0.